The first kappa shape index (κ1) is 13.8. The summed E-state index contributed by atoms with van der Waals surface area (Å²) in [6.07, 6.45) is 3.62. The number of aromatic nitrogens is 2. The van der Waals surface area contributed by atoms with Crippen molar-refractivity contribution in [2.24, 2.45) is 0 Å². The van der Waals surface area contributed by atoms with Crippen molar-refractivity contribution in [3.05, 3.63) is 60.2 Å². The van der Waals surface area contributed by atoms with E-state index in [9.17, 15) is 4.39 Å². The molecule has 0 unspecified atom stereocenters. The minimum atomic E-state index is -0.244. The minimum absolute atomic E-state index is 0.0853. The Morgan fingerprint density at radius 3 is 2.74 bits per heavy atom. The molecule has 0 fully saturated rings. The number of thioether (sulfide) groups is 1. The average molecular weight is 278 g/mol. The molecule has 0 saturated heterocycles. The van der Waals surface area contributed by atoms with Crippen LogP contribution >= 0.6 is 11.8 Å². The number of rotatable bonds is 6. The predicted molar refractivity (Wildman–Crippen MR) is 74.6 cm³/mol. The van der Waals surface area contributed by atoms with Crippen molar-refractivity contribution < 1.29 is 9.50 Å². The molecule has 0 atom stereocenters. The number of aliphatic hydroxyl groups excluding tert-OH is 1. The molecule has 100 valence electrons. The highest BCUT2D eigenvalue weighted by Gasteiger charge is 2.08. The summed E-state index contributed by atoms with van der Waals surface area (Å²) in [6, 6.07) is 6.37. The van der Waals surface area contributed by atoms with Gasteiger partial charge in [0.05, 0.1) is 12.3 Å². The highest BCUT2D eigenvalue weighted by molar-refractivity contribution is 7.99. The highest BCUT2D eigenvalue weighted by atomic mass is 32.2. The number of benzene rings is 1. The predicted octanol–water partition coefficient (Wildman–Crippen LogP) is 2.84. The van der Waals surface area contributed by atoms with Gasteiger partial charge in [0.15, 0.2) is 5.16 Å². The molecular weight excluding hydrogens is 263 g/mol. The molecule has 0 aliphatic heterocycles. The van der Waals surface area contributed by atoms with E-state index >= 15 is 0 Å². The molecule has 1 aromatic heterocycles. The van der Waals surface area contributed by atoms with Gasteiger partial charge in [-0.2, -0.15) is 0 Å². The van der Waals surface area contributed by atoms with Gasteiger partial charge in [0.2, 0.25) is 0 Å². The zero-order valence-electron chi connectivity index (χ0n) is 10.4. The molecule has 1 aromatic carbocycles. The Hall–Kier alpha value is -1.59. The fraction of sp³-hybridized carbons (Fsp3) is 0.214. The smallest absolute Gasteiger partial charge is 0.168 e. The van der Waals surface area contributed by atoms with Gasteiger partial charge in [-0.25, -0.2) is 9.37 Å². The van der Waals surface area contributed by atoms with Crippen molar-refractivity contribution in [3.8, 4) is 0 Å². The van der Waals surface area contributed by atoms with Gasteiger partial charge in [0.25, 0.3) is 0 Å². The first-order valence-corrected chi connectivity index (χ1v) is 6.86. The van der Waals surface area contributed by atoms with Crippen LogP contribution in [-0.4, -0.2) is 20.4 Å². The van der Waals surface area contributed by atoms with Crippen molar-refractivity contribution >= 4 is 11.8 Å². The van der Waals surface area contributed by atoms with Gasteiger partial charge in [-0.05, 0) is 17.7 Å². The van der Waals surface area contributed by atoms with E-state index in [0.29, 0.717) is 12.2 Å². The molecule has 0 spiro atoms. The van der Waals surface area contributed by atoms with Crippen LogP contribution in [-0.2, 0) is 13.2 Å². The molecule has 1 heterocycles. The highest BCUT2D eigenvalue weighted by Crippen LogP contribution is 2.19. The Morgan fingerprint density at radius 2 is 2.11 bits per heavy atom. The lowest BCUT2D eigenvalue weighted by Gasteiger charge is -2.06. The first-order valence-electron chi connectivity index (χ1n) is 5.88. The van der Waals surface area contributed by atoms with Gasteiger partial charge in [0.1, 0.15) is 5.82 Å². The lowest BCUT2D eigenvalue weighted by Crippen LogP contribution is -2.00. The van der Waals surface area contributed by atoms with Crippen LogP contribution in [0.5, 0.6) is 0 Å². The molecule has 5 heteroatoms. The van der Waals surface area contributed by atoms with Gasteiger partial charge in [-0.15, -0.1) is 6.58 Å². The van der Waals surface area contributed by atoms with Gasteiger partial charge in [-0.1, -0.05) is 30.0 Å². The Labute approximate surface area is 115 Å². The topological polar surface area (TPSA) is 38.1 Å². The van der Waals surface area contributed by atoms with Crippen LogP contribution in [0.25, 0.3) is 0 Å². The average Bonchev–Trinajstić information content (AvgIpc) is 2.81. The van der Waals surface area contributed by atoms with Crippen LogP contribution in [0.1, 0.15) is 11.3 Å². The molecule has 2 aromatic rings. The number of hydrogen-bond donors (Lipinski definition) is 1. The molecule has 0 amide bonds. The second-order valence-electron chi connectivity index (χ2n) is 4.03. The third-order valence-electron chi connectivity index (χ3n) is 2.55. The standard InChI is InChI=1S/C14H15FN2OS/c1-2-7-19-14-16-13(10-18)9-17(14)8-11-3-5-12(15)6-4-11/h2-6,9,18H,1,7-8,10H2. The Morgan fingerprint density at radius 1 is 1.37 bits per heavy atom. The van der Waals surface area contributed by atoms with Gasteiger partial charge >= 0.3 is 0 Å². The third-order valence-corrected chi connectivity index (χ3v) is 3.53. The molecular formula is C14H15FN2OS. The number of nitrogens with zero attached hydrogens (tertiary/aromatic N) is 2. The first-order chi connectivity index (χ1) is 9.22. The maximum atomic E-state index is 12.9. The summed E-state index contributed by atoms with van der Waals surface area (Å²) < 4.78 is 14.8. The van der Waals surface area contributed by atoms with Crippen molar-refractivity contribution in [2.45, 2.75) is 18.3 Å². The van der Waals surface area contributed by atoms with E-state index in [-0.39, 0.29) is 12.4 Å². The fourth-order valence-electron chi connectivity index (χ4n) is 1.68. The third kappa shape index (κ3) is 3.68. The van der Waals surface area contributed by atoms with E-state index in [2.05, 4.69) is 11.6 Å². The lowest BCUT2D eigenvalue weighted by molar-refractivity contribution is 0.277. The quantitative estimate of drug-likeness (QED) is 0.652. The molecule has 0 saturated carbocycles. The van der Waals surface area contributed by atoms with E-state index in [1.807, 2.05) is 10.8 Å². The molecule has 0 bridgehead atoms. The summed E-state index contributed by atoms with van der Waals surface area (Å²) in [5.74, 6) is 0.511. The Balaban J connectivity index is 2.19. The summed E-state index contributed by atoms with van der Waals surface area (Å²) in [4.78, 5) is 4.33. The van der Waals surface area contributed by atoms with Crippen LogP contribution in [0.4, 0.5) is 4.39 Å². The number of imidazole rings is 1. The number of hydrogen-bond acceptors (Lipinski definition) is 3. The van der Waals surface area contributed by atoms with Crippen molar-refractivity contribution in [3.63, 3.8) is 0 Å². The monoisotopic (exact) mass is 278 g/mol. The summed E-state index contributed by atoms with van der Waals surface area (Å²) in [5, 5.41) is 9.98. The number of aliphatic hydroxyl groups is 1. The van der Waals surface area contributed by atoms with E-state index in [0.717, 1.165) is 16.5 Å². The summed E-state index contributed by atoms with van der Waals surface area (Å²) in [6.45, 7) is 4.20. The molecule has 0 aliphatic carbocycles. The maximum Gasteiger partial charge on any atom is 0.168 e. The van der Waals surface area contributed by atoms with Crippen LogP contribution in [0.15, 0.2) is 48.3 Å². The molecule has 3 nitrogen and oxygen atoms in total. The van der Waals surface area contributed by atoms with Gasteiger partial charge in [0, 0.05) is 18.5 Å². The normalized spacial score (nSPS) is 10.6. The van der Waals surface area contributed by atoms with Gasteiger partial charge in [-0.3, -0.25) is 0 Å². The number of halogens is 1. The zero-order valence-corrected chi connectivity index (χ0v) is 11.2. The Kier molecular flexibility index (Phi) is 4.76. The molecule has 19 heavy (non-hydrogen) atoms. The van der Waals surface area contributed by atoms with E-state index in [1.54, 1.807) is 30.0 Å². The lowest BCUT2D eigenvalue weighted by atomic mass is 10.2. The fourth-order valence-corrected chi connectivity index (χ4v) is 2.41. The van der Waals surface area contributed by atoms with Crippen molar-refractivity contribution in [2.75, 3.05) is 5.75 Å². The van der Waals surface area contributed by atoms with E-state index < -0.39 is 0 Å². The molecule has 1 N–H and O–H groups in total. The summed E-state index contributed by atoms with van der Waals surface area (Å²) >= 11 is 1.55. The summed E-state index contributed by atoms with van der Waals surface area (Å²) in [7, 11) is 0. The van der Waals surface area contributed by atoms with E-state index in [4.69, 9.17) is 5.11 Å². The van der Waals surface area contributed by atoms with Crippen molar-refractivity contribution in [1.82, 2.24) is 9.55 Å². The van der Waals surface area contributed by atoms with Crippen LogP contribution < -0.4 is 0 Å². The molecule has 0 radical (unpaired) electrons. The zero-order chi connectivity index (χ0) is 13.7. The second-order valence-corrected chi connectivity index (χ2v) is 5.01. The SMILES string of the molecule is C=CCSc1nc(CO)cn1Cc1ccc(F)cc1. The van der Waals surface area contributed by atoms with Crippen LogP contribution in [0, 0.1) is 5.82 Å². The molecule has 0 aliphatic rings. The van der Waals surface area contributed by atoms with E-state index in [1.165, 1.54) is 12.1 Å². The van der Waals surface area contributed by atoms with Crippen molar-refractivity contribution in [1.29, 1.82) is 0 Å². The summed E-state index contributed by atoms with van der Waals surface area (Å²) in [5.41, 5.74) is 1.62. The largest absolute Gasteiger partial charge is 0.390 e. The Bertz CT molecular complexity index is 551. The second kappa shape index (κ2) is 6.54. The van der Waals surface area contributed by atoms with Crippen LogP contribution in [0.3, 0.4) is 0 Å². The maximum absolute atomic E-state index is 12.9. The van der Waals surface area contributed by atoms with Crippen LogP contribution in [0.2, 0.25) is 0 Å². The minimum Gasteiger partial charge on any atom is -0.390 e. The van der Waals surface area contributed by atoms with Gasteiger partial charge < -0.3 is 9.67 Å². The molecule has 2 rings (SSSR count).